The molecule has 2 rings (SSSR count). The van der Waals surface area contributed by atoms with E-state index in [1.165, 1.54) is 7.05 Å². The van der Waals surface area contributed by atoms with Crippen LogP contribution in [-0.2, 0) is 7.05 Å². The van der Waals surface area contributed by atoms with Crippen molar-refractivity contribution in [2.75, 3.05) is 0 Å². The fraction of sp³-hybridized carbons (Fsp3) is 0.0833. The van der Waals surface area contributed by atoms with Crippen LogP contribution in [0.5, 0.6) is 0 Å². The van der Waals surface area contributed by atoms with Crippen molar-refractivity contribution in [3.63, 3.8) is 0 Å². The van der Waals surface area contributed by atoms with E-state index in [-0.39, 0.29) is 17.4 Å². The predicted molar refractivity (Wildman–Crippen MR) is 69.0 cm³/mol. The molecule has 1 aromatic heterocycles. The van der Waals surface area contributed by atoms with E-state index in [0.29, 0.717) is 5.56 Å². The summed E-state index contributed by atoms with van der Waals surface area (Å²) < 4.78 is 1.08. The Kier molecular flexibility index (Phi) is 3.56. The third-order valence-electron chi connectivity index (χ3n) is 2.71. The van der Waals surface area contributed by atoms with Gasteiger partial charge in [-0.15, -0.1) is 0 Å². The molecule has 1 N–H and O–H groups in total. The van der Waals surface area contributed by atoms with Gasteiger partial charge in [-0.25, -0.2) is 9.55 Å². The maximum Gasteiger partial charge on any atom is 0.342 e. The normalized spacial score (nSPS) is 11.3. The molecule has 0 bridgehead atoms. The van der Waals surface area contributed by atoms with Crippen molar-refractivity contribution in [3.05, 3.63) is 58.0 Å². The Morgan fingerprint density at radius 1 is 1.40 bits per heavy atom. The van der Waals surface area contributed by atoms with Gasteiger partial charge >= 0.3 is 5.82 Å². The molecule has 1 heterocycles. The monoisotopic (exact) mass is 274 g/mol. The van der Waals surface area contributed by atoms with E-state index >= 15 is 0 Å². The van der Waals surface area contributed by atoms with E-state index in [9.17, 15) is 14.9 Å². The molecule has 0 aliphatic heterocycles. The fourth-order valence-electron chi connectivity index (χ4n) is 1.71. The number of carbonyl (C=O) groups is 1. The fourth-order valence-corrected chi connectivity index (χ4v) is 1.71. The van der Waals surface area contributed by atoms with Crippen molar-refractivity contribution in [2.24, 2.45) is 12.2 Å². The lowest BCUT2D eigenvalue weighted by atomic mass is 10.1. The third-order valence-corrected chi connectivity index (χ3v) is 2.71. The van der Waals surface area contributed by atoms with Gasteiger partial charge in [0.2, 0.25) is 11.5 Å². The van der Waals surface area contributed by atoms with Crippen molar-refractivity contribution < 1.29 is 14.9 Å². The van der Waals surface area contributed by atoms with Gasteiger partial charge in [0, 0.05) is 5.56 Å². The zero-order valence-corrected chi connectivity index (χ0v) is 10.4. The number of Topliss-reactive ketones (excluding diaryl/α,β-unsaturated/α-hetero) is 1. The second-order valence-electron chi connectivity index (χ2n) is 3.90. The number of rotatable bonds is 4. The zero-order valence-electron chi connectivity index (χ0n) is 10.4. The van der Waals surface area contributed by atoms with Crippen LogP contribution in [0.25, 0.3) is 0 Å². The Bertz CT molecular complexity index is 691. The first-order valence-corrected chi connectivity index (χ1v) is 5.54. The molecule has 0 atom stereocenters. The molecule has 0 saturated heterocycles. The first kappa shape index (κ1) is 13.4. The molecule has 0 saturated carbocycles. The van der Waals surface area contributed by atoms with Crippen LogP contribution in [0, 0.1) is 10.1 Å². The average molecular weight is 274 g/mol. The predicted octanol–water partition coefficient (Wildman–Crippen LogP) is 1.39. The van der Waals surface area contributed by atoms with E-state index in [0.717, 1.165) is 10.8 Å². The summed E-state index contributed by atoms with van der Waals surface area (Å²) >= 11 is 0. The van der Waals surface area contributed by atoms with Gasteiger partial charge in [-0.3, -0.25) is 4.79 Å². The van der Waals surface area contributed by atoms with Gasteiger partial charge in [-0.05, 0) is 4.92 Å². The van der Waals surface area contributed by atoms with Crippen LogP contribution in [-0.4, -0.2) is 31.2 Å². The Morgan fingerprint density at radius 2 is 2.05 bits per heavy atom. The Hall–Kier alpha value is -3.03. The Labute approximate surface area is 113 Å². The molecule has 102 valence electrons. The minimum Gasteiger partial charge on any atom is -0.410 e. The number of nitro groups is 1. The molecule has 0 spiro atoms. The minimum atomic E-state index is -0.640. The maximum absolute atomic E-state index is 12.2. The SMILES string of the molecule is Cn1c([N+](=O)[O-])cnc1/C(=N/O)C(=O)c1ccccc1. The van der Waals surface area contributed by atoms with E-state index in [1.54, 1.807) is 30.3 Å². The average Bonchev–Trinajstić information content (AvgIpc) is 2.83. The highest BCUT2D eigenvalue weighted by Crippen LogP contribution is 2.14. The lowest BCUT2D eigenvalue weighted by molar-refractivity contribution is -0.391. The van der Waals surface area contributed by atoms with Gasteiger partial charge < -0.3 is 15.3 Å². The van der Waals surface area contributed by atoms with E-state index in [1.807, 2.05) is 0 Å². The van der Waals surface area contributed by atoms with Gasteiger partial charge in [0.1, 0.15) is 6.20 Å². The van der Waals surface area contributed by atoms with Gasteiger partial charge in [0.25, 0.3) is 5.82 Å². The zero-order chi connectivity index (χ0) is 14.7. The molecule has 0 amide bonds. The van der Waals surface area contributed by atoms with Crippen molar-refractivity contribution >= 4 is 17.3 Å². The van der Waals surface area contributed by atoms with Gasteiger partial charge in [0.15, 0.2) is 0 Å². The van der Waals surface area contributed by atoms with Crippen LogP contribution in [0.2, 0.25) is 0 Å². The van der Waals surface area contributed by atoms with Crippen LogP contribution >= 0.6 is 0 Å². The Balaban J connectivity index is 2.45. The minimum absolute atomic E-state index is 0.0759. The molecule has 2 aromatic rings. The highest BCUT2D eigenvalue weighted by Gasteiger charge is 2.27. The van der Waals surface area contributed by atoms with Crippen LogP contribution in [0.1, 0.15) is 16.2 Å². The summed E-state index contributed by atoms with van der Waals surface area (Å²) in [4.78, 5) is 26.1. The molecule has 0 fully saturated rings. The summed E-state index contributed by atoms with van der Waals surface area (Å²) in [6.07, 6.45) is 0.999. The first-order valence-electron chi connectivity index (χ1n) is 5.54. The second kappa shape index (κ2) is 5.31. The van der Waals surface area contributed by atoms with Crippen molar-refractivity contribution in [1.82, 2.24) is 9.55 Å². The number of imidazole rings is 1. The third kappa shape index (κ3) is 2.26. The summed E-state index contributed by atoms with van der Waals surface area (Å²) in [7, 11) is 1.36. The molecule has 1 aromatic carbocycles. The van der Waals surface area contributed by atoms with E-state index in [4.69, 9.17) is 5.21 Å². The maximum atomic E-state index is 12.2. The van der Waals surface area contributed by atoms with Gasteiger partial charge in [0.05, 0.1) is 7.05 Å². The van der Waals surface area contributed by atoms with Crippen molar-refractivity contribution in [3.8, 4) is 0 Å². The largest absolute Gasteiger partial charge is 0.410 e. The summed E-state index contributed by atoms with van der Waals surface area (Å²) in [5.74, 6) is -0.952. The number of hydrogen-bond donors (Lipinski definition) is 1. The topological polar surface area (TPSA) is 111 Å². The van der Waals surface area contributed by atoms with Crippen LogP contribution in [0.3, 0.4) is 0 Å². The smallest absolute Gasteiger partial charge is 0.342 e. The molecule has 0 aliphatic rings. The summed E-state index contributed by atoms with van der Waals surface area (Å²) in [5.41, 5.74) is -0.0576. The molecule has 0 radical (unpaired) electrons. The first-order chi connectivity index (χ1) is 9.56. The lowest BCUT2D eigenvalue weighted by Crippen LogP contribution is -2.20. The van der Waals surface area contributed by atoms with E-state index in [2.05, 4.69) is 10.1 Å². The van der Waals surface area contributed by atoms with Crippen LogP contribution in [0.4, 0.5) is 5.82 Å². The number of hydrogen-bond acceptors (Lipinski definition) is 6. The molecular formula is C12H10N4O4. The standard InChI is InChI=1S/C12H10N4O4/c1-15-9(16(19)20)7-13-12(15)10(14-18)11(17)8-5-3-2-4-6-8/h2-7,18H,1H3/b14-10+. The summed E-state index contributed by atoms with van der Waals surface area (Å²) in [6.45, 7) is 0. The van der Waals surface area contributed by atoms with Crippen LogP contribution in [0.15, 0.2) is 41.7 Å². The highest BCUT2D eigenvalue weighted by molar-refractivity contribution is 6.50. The molecule has 8 nitrogen and oxygen atoms in total. The van der Waals surface area contributed by atoms with E-state index < -0.39 is 10.7 Å². The highest BCUT2D eigenvalue weighted by atomic mass is 16.6. The summed E-state index contributed by atoms with van der Waals surface area (Å²) in [5, 5.41) is 22.7. The number of aromatic nitrogens is 2. The number of oxime groups is 1. The molecule has 20 heavy (non-hydrogen) atoms. The molecule has 0 aliphatic carbocycles. The summed E-state index contributed by atoms with van der Waals surface area (Å²) in [6, 6.07) is 8.14. The number of ketones is 1. The van der Waals surface area contributed by atoms with Crippen LogP contribution < -0.4 is 0 Å². The molecule has 8 heteroatoms. The van der Waals surface area contributed by atoms with Crippen molar-refractivity contribution in [1.29, 1.82) is 0 Å². The number of benzene rings is 1. The van der Waals surface area contributed by atoms with Gasteiger partial charge in [-0.1, -0.05) is 35.5 Å². The second-order valence-corrected chi connectivity index (χ2v) is 3.90. The number of nitrogens with zero attached hydrogens (tertiary/aromatic N) is 4. The van der Waals surface area contributed by atoms with Gasteiger partial charge in [-0.2, -0.15) is 0 Å². The molecule has 0 unspecified atom stereocenters. The quantitative estimate of drug-likeness (QED) is 0.298. The Morgan fingerprint density at radius 3 is 2.55 bits per heavy atom. The number of carbonyl (C=O) groups excluding carboxylic acids is 1. The van der Waals surface area contributed by atoms with Crippen molar-refractivity contribution in [2.45, 2.75) is 0 Å². The lowest BCUT2D eigenvalue weighted by Gasteiger charge is -2.01. The molecular weight excluding hydrogens is 264 g/mol.